The Balaban J connectivity index is 0.000000112. The van der Waals surface area contributed by atoms with Crippen molar-refractivity contribution in [1.82, 2.24) is 0 Å². The van der Waals surface area contributed by atoms with Crippen LogP contribution in [0, 0.1) is 16.3 Å². The maximum atomic E-state index is 4.69. The Hall–Kier alpha value is -2.08. The van der Waals surface area contributed by atoms with Crippen LogP contribution in [0.2, 0.25) is 0 Å². The van der Waals surface area contributed by atoms with Gasteiger partial charge in [0.05, 0.1) is 0 Å². The van der Waals surface area contributed by atoms with E-state index in [9.17, 15) is 0 Å². The summed E-state index contributed by atoms with van der Waals surface area (Å²) in [6, 6.07) is 68.0. The van der Waals surface area contributed by atoms with E-state index in [4.69, 9.17) is 0 Å². The van der Waals surface area contributed by atoms with Gasteiger partial charge in [0.25, 0.3) is 0 Å². The van der Waals surface area contributed by atoms with Gasteiger partial charge in [-0.15, -0.1) is 0 Å². The molecular formula is C48H34I4N4OSe4. The minimum Gasteiger partial charge on any atom is -0.412 e. The molecule has 4 unspecified atom stereocenters. The Morgan fingerprint density at radius 2 is 0.426 bits per heavy atom. The normalized spacial score (nSPS) is 17.2. The topological polar surface area (TPSA) is 80.9 Å². The molecule has 304 valence electrons. The van der Waals surface area contributed by atoms with E-state index in [-0.39, 0.29) is 5.48 Å². The van der Waals surface area contributed by atoms with Crippen LogP contribution in [0.5, 0.6) is 0 Å². The first-order valence-electron chi connectivity index (χ1n) is 18.7. The first kappa shape index (κ1) is 45.5. The van der Waals surface area contributed by atoms with Gasteiger partial charge < -0.3 is 5.48 Å². The van der Waals surface area contributed by atoms with Crippen molar-refractivity contribution in [3.63, 3.8) is 0 Å². The molecule has 8 aromatic carbocycles. The number of fused-ring (bicyclic) bond motifs is 8. The van der Waals surface area contributed by atoms with E-state index in [1.807, 2.05) is 0 Å². The fraction of sp³-hybridized carbons (Fsp3) is 0. The number of para-hydroxylation sites is 8. The number of rotatable bonds is 0. The number of hydrogen-bond acceptors (Lipinski definition) is 4. The summed E-state index contributed by atoms with van der Waals surface area (Å²) in [4.78, 5) is 18.7. The van der Waals surface area contributed by atoms with Gasteiger partial charge in [-0.05, 0) is 0 Å². The van der Waals surface area contributed by atoms with E-state index in [0.29, 0.717) is 0 Å². The van der Waals surface area contributed by atoms with Gasteiger partial charge in [0, 0.05) is 0 Å². The van der Waals surface area contributed by atoms with Crippen LogP contribution in [0.15, 0.2) is 214 Å². The fourth-order valence-electron chi connectivity index (χ4n) is 6.60. The van der Waals surface area contributed by atoms with Gasteiger partial charge in [0.1, 0.15) is 0 Å². The predicted octanol–water partition coefficient (Wildman–Crippen LogP) is 7.65. The Labute approximate surface area is 413 Å². The monoisotopic (exact) mass is 1510 g/mol. The first-order chi connectivity index (χ1) is 29.4. The molecule has 0 radical (unpaired) electrons. The number of nitrogens with zero attached hydrogens (tertiary/aromatic N) is 4. The second-order valence-corrected chi connectivity index (χ2v) is 43.2. The van der Waals surface area contributed by atoms with Gasteiger partial charge in [-0.1, -0.05) is 0 Å². The van der Waals surface area contributed by atoms with E-state index >= 15 is 0 Å². The third-order valence-electron chi connectivity index (χ3n) is 9.43. The zero-order chi connectivity index (χ0) is 41.0. The second kappa shape index (κ2) is 21.3. The summed E-state index contributed by atoms with van der Waals surface area (Å²) >= 11 is 10.4. The summed E-state index contributed by atoms with van der Waals surface area (Å²) in [6.45, 7) is 0. The van der Waals surface area contributed by atoms with E-state index < -0.39 is 40.9 Å². The summed E-state index contributed by atoms with van der Waals surface area (Å²) < 4.78 is 11.5. The maximum Gasteiger partial charge on any atom is -0.412 e. The Bertz CT molecular complexity index is 3070. The molecule has 4 heterocycles. The van der Waals surface area contributed by atoms with Crippen LogP contribution < -0.4 is 39.3 Å². The van der Waals surface area contributed by atoms with E-state index in [2.05, 4.69) is 295 Å². The van der Waals surface area contributed by atoms with Crippen molar-refractivity contribution in [3.8, 4) is 0 Å². The fourth-order valence-corrected chi connectivity index (χ4v) is 32.4. The molecule has 0 aromatic heterocycles. The van der Waals surface area contributed by atoms with Crippen molar-refractivity contribution in [2.45, 2.75) is 0 Å². The first-order valence-corrected chi connectivity index (χ1v) is 46.4. The van der Waals surface area contributed by atoms with Gasteiger partial charge in [-0.2, -0.15) is 0 Å². The molecule has 2 N–H and O–H groups in total. The van der Waals surface area contributed by atoms with Crippen LogP contribution in [0.1, 0.15) is 0 Å². The van der Waals surface area contributed by atoms with Crippen LogP contribution in [0.25, 0.3) is 0 Å². The van der Waals surface area contributed by atoms with Gasteiger partial charge >= 0.3 is 415 Å². The smallest absolute Gasteiger partial charge is 0.412 e. The summed E-state index contributed by atoms with van der Waals surface area (Å²) in [7, 11) is -3.48. The molecule has 0 saturated carbocycles. The molecule has 0 spiro atoms. The van der Waals surface area contributed by atoms with Crippen molar-refractivity contribution < 1.29 is 5.48 Å². The molecule has 4 aliphatic heterocycles. The molecule has 0 fully saturated rings. The molecule has 0 aliphatic carbocycles. The van der Waals surface area contributed by atoms with Crippen molar-refractivity contribution >= 4 is 163 Å². The largest absolute Gasteiger partial charge is 0.412 e. The number of hydrogen-bond donors (Lipinski definition) is 0. The summed E-state index contributed by atoms with van der Waals surface area (Å²) in [6.07, 6.45) is 0. The van der Waals surface area contributed by atoms with Crippen LogP contribution in [-0.2, 0) is 0 Å². The Morgan fingerprint density at radius 1 is 0.246 bits per heavy atom. The third kappa shape index (κ3) is 10.1. The molecule has 0 saturated heterocycles. The quantitative estimate of drug-likeness (QED) is 0.111. The standard InChI is InChI=1S/4C12H8INSe.H2O/c4*13-15-11-7-3-1-5-9(11)14-10-6-2-4-8-12(10)15;/h4*1-8H;1H2. The van der Waals surface area contributed by atoms with Crippen LogP contribution >= 0.6 is 81.4 Å². The Morgan fingerprint density at radius 3 is 0.656 bits per heavy atom. The van der Waals surface area contributed by atoms with E-state index in [1.165, 1.54) is 34.1 Å². The van der Waals surface area contributed by atoms with Crippen LogP contribution in [0.4, 0.5) is 22.7 Å². The maximum absolute atomic E-state index is 4.69. The molecule has 4 aliphatic rings. The van der Waals surface area contributed by atoms with Crippen molar-refractivity contribution in [2.24, 2.45) is 20.0 Å². The minimum absolute atomic E-state index is 0. The summed E-state index contributed by atoms with van der Waals surface area (Å²) in [5, 5.41) is 4.65. The van der Waals surface area contributed by atoms with E-state index in [0.717, 1.165) is 44.2 Å². The molecule has 5 nitrogen and oxygen atoms in total. The minimum atomic E-state index is -0.870. The van der Waals surface area contributed by atoms with Gasteiger partial charge in [0.15, 0.2) is 0 Å². The van der Waals surface area contributed by atoms with Gasteiger partial charge in [0.2, 0.25) is 0 Å². The summed E-state index contributed by atoms with van der Waals surface area (Å²) in [5.74, 6) is 0. The predicted molar refractivity (Wildman–Crippen MR) is 291 cm³/mol. The van der Waals surface area contributed by atoms with Crippen LogP contribution in [0.3, 0.4) is 0 Å². The Kier molecular flexibility index (Phi) is 15.9. The molecular weight excluding hydrogens is 1470 g/mol. The average Bonchev–Trinajstić information content (AvgIpc) is 3.30. The molecule has 0 bridgehead atoms. The number of benzene rings is 8. The van der Waals surface area contributed by atoms with Crippen molar-refractivity contribution in [1.29, 1.82) is 0 Å². The van der Waals surface area contributed by atoms with Crippen molar-refractivity contribution in [3.05, 3.63) is 232 Å². The zero-order valence-electron chi connectivity index (χ0n) is 31.9. The average molecular weight is 1510 g/mol. The van der Waals surface area contributed by atoms with Crippen molar-refractivity contribution in [2.75, 3.05) is 0 Å². The number of halogens is 4. The molecule has 4 atom stereocenters. The molecule has 8 aromatic rings. The molecule has 0 amide bonds. The molecule has 12 rings (SSSR count). The molecule has 13 heteroatoms. The zero-order valence-corrected chi connectivity index (χ0v) is 47.4. The van der Waals surface area contributed by atoms with Gasteiger partial charge in [-0.3, -0.25) is 0 Å². The van der Waals surface area contributed by atoms with Crippen LogP contribution in [-0.4, -0.2) is 46.3 Å². The third-order valence-corrected chi connectivity index (χ3v) is 41.4. The molecule has 61 heavy (non-hydrogen) atoms. The second-order valence-electron chi connectivity index (χ2n) is 13.2. The summed E-state index contributed by atoms with van der Waals surface area (Å²) in [5.41, 5.74) is 4.65. The van der Waals surface area contributed by atoms with Gasteiger partial charge in [-0.25, -0.2) is 0 Å². The SMILES string of the molecule is I[Se]1=c2ccccc2=Nc2ccccc21.I[Se]1=c2ccccc2=Nc2ccccc21.I[Se]1=c2ccccc2=Nc2ccccc21.I[Se]1=c2ccccc2=Nc2ccccc21.O. The van der Waals surface area contributed by atoms with E-state index in [1.54, 1.807) is 0 Å².